The Morgan fingerprint density at radius 3 is 2.72 bits per heavy atom. The SMILES string of the molecule is CCn1c(-c2ccco2)nn(CN2CCC(C(=O)N3CCCC(C)C3)CC2)c1=S. The molecule has 0 N–H and O–H groups in total. The van der Waals surface area contributed by atoms with Gasteiger partial charge in [-0.15, -0.1) is 5.10 Å². The van der Waals surface area contributed by atoms with Crippen LogP contribution in [0, 0.1) is 16.6 Å². The lowest BCUT2D eigenvalue weighted by Gasteiger charge is -2.37. The Kier molecular flexibility index (Phi) is 6.20. The van der Waals surface area contributed by atoms with E-state index in [1.165, 1.54) is 6.42 Å². The van der Waals surface area contributed by atoms with Crippen LogP contribution in [0.25, 0.3) is 11.6 Å². The summed E-state index contributed by atoms with van der Waals surface area (Å²) in [5.41, 5.74) is 0. The smallest absolute Gasteiger partial charge is 0.225 e. The van der Waals surface area contributed by atoms with Crippen LogP contribution in [0.4, 0.5) is 0 Å². The molecular weight excluding hydrogens is 386 g/mol. The minimum absolute atomic E-state index is 0.163. The van der Waals surface area contributed by atoms with Crippen molar-refractivity contribution in [2.24, 2.45) is 11.8 Å². The molecule has 2 fully saturated rings. The zero-order valence-electron chi connectivity index (χ0n) is 17.4. The zero-order chi connectivity index (χ0) is 20.4. The maximum absolute atomic E-state index is 12.9. The van der Waals surface area contributed by atoms with Crippen LogP contribution in [0.2, 0.25) is 0 Å². The Hall–Kier alpha value is -1.93. The summed E-state index contributed by atoms with van der Waals surface area (Å²) in [7, 11) is 0. The molecule has 0 aliphatic carbocycles. The van der Waals surface area contributed by atoms with Crippen molar-refractivity contribution in [3.63, 3.8) is 0 Å². The van der Waals surface area contributed by atoms with Gasteiger partial charge in [0.2, 0.25) is 5.91 Å². The first-order chi connectivity index (χ1) is 14.1. The molecule has 0 aromatic carbocycles. The molecule has 2 aliphatic rings. The maximum atomic E-state index is 12.9. The molecule has 7 nitrogen and oxygen atoms in total. The summed E-state index contributed by atoms with van der Waals surface area (Å²) in [6.45, 7) is 9.37. The minimum Gasteiger partial charge on any atom is -0.461 e. The summed E-state index contributed by atoms with van der Waals surface area (Å²) >= 11 is 5.65. The number of piperidine rings is 2. The van der Waals surface area contributed by atoms with Gasteiger partial charge in [-0.05, 0) is 62.9 Å². The summed E-state index contributed by atoms with van der Waals surface area (Å²) in [5, 5.41) is 4.72. The van der Waals surface area contributed by atoms with Crippen LogP contribution >= 0.6 is 12.2 Å². The number of carbonyl (C=O) groups excluding carboxylic acids is 1. The van der Waals surface area contributed by atoms with E-state index in [0.29, 0.717) is 23.3 Å². The second-order valence-corrected chi connectivity index (χ2v) is 8.76. The van der Waals surface area contributed by atoms with Crippen molar-refractivity contribution in [2.45, 2.75) is 52.7 Å². The first-order valence-corrected chi connectivity index (χ1v) is 11.2. The second-order valence-electron chi connectivity index (χ2n) is 8.39. The Morgan fingerprint density at radius 2 is 2.07 bits per heavy atom. The maximum Gasteiger partial charge on any atom is 0.225 e. The first kappa shape index (κ1) is 20.3. The third-order valence-corrected chi connectivity index (χ3v) is 6.65. The summed E-state index contributed by atoms with van der Waals surface area (Å²) in [4.78, 5) is 17.3. The van der Waals surface area contributed by atoms with Crippen molar-refractivity contribution in [1.29, 1.82) is 0 Å². The average Bonchev–Trinajstić information content (AvgIpc) is 3.36. The Labute approximate surface area is 177 Å². The minimum atomic E-state index is 0.163. The Morgan fingerprint density at radius 1 is 1.28 bits per heavy atom. The van der Waals surface area contributed by atoms with Gasteiger partial charge in [-0.1, -0.05) is 6.92 Å². The summed E-state index contributed by atoms with van der Waals surface area (Å²) < 4.78 is 10.1. The van der Waals surface area contributed by atoms with Gasteiger partial charge in [0.15, 0.2) is 16.4 Å². The largest absolute Gasteiger partial charge is 0.461 e. The van der Waals surface area contributed by atoms with Crippen LogP contribution in [0.15, 0.2) is 22.8 Å². The first-order valence-electron chi connectivity index (χ1n) is 10.8. The van der Waals surface area contributed by atoms with Crippen LogP contribution in [-0.2, 0) is 18.0 Å². The molecule has 4 heterocycles. The van der Waals surface area contributed by atoms with Gasteiger partial charge in [0.25, 0.3) is 0 Å². The standard InChI is InChI=1S/C21H31N5O2S/c1-3-25-19(18-7-5-13-28-18)22-26(21(25)29)15-23-11-8-17(9-12-23)20(27)24-10-4-6-16(2)14-24/h5,7,13,16-17H,3-4,6,8-12,14-15H2,1-2H3. The van der Waals surface area contributed by atoms with Gasteiger partial charge in [-0.25, -0.2) is 4.68 Å². The van der Waals surface area contributed by atoms with Crippen LogP contribution in [0.3, 0.4) is 0 Å². The number of likely N-dealkylation sites (tertiary alicyclic amines) is 2. The van der Waals surface area contributed by atoms with Crippen LogP contribution < -0.4 is 0 Å². The van der Waals surface area contributed by atoms with Crippen molar-refractivity contribution in [1.82, 2.24) is 24.1 Å². The fourth-order valence-electron chi connectivity index (χ4n) is 4.56. The molecule has 158 valence electrons. The van der Waals surface area contributed by atoms with Crippen molar-refractivity contribution in [3.8, 4) is 11.6 Å². The molecule has 0 spiro atoms. The number of nitrogens with zero attached hydrogens (tertiary/aromatic N) is 5. The highest BCUT2D eigenvalue weighted by Gasteiger charge is 2.30. The van der Waals surface area contributed by atoms with Gasteiger partial charge in [-0.2, -0.15) is 0 Å². The monoisotopic (exact) mass is 417 g/mol. The molecule has 1 amide bonds. The molecule has 0 saturated carbocycles. The number of carbonyl (C=O) groups is 1. The topological polar surface area (TPSA) is 59.4 Å². The van der Waals surface area contributed by atoms with Crippen LogP contribution in [0.1, 0.15) is 39.5 Å². The van der Waals surface area contributed by atoms with E-state index >= 15 is 0 Å². The normalized spacial score (nSPS) is 21.6. The predicted molar refractivity (Wildman–Crippen MR) is 114 cm³/mol. The highest BCUT2D eigenvalue weighted by Crippen LogP contribution is 2.24. The van der Waals surface area contributed by atoms with Crippen LogP contribution in [-0.4, -0.2) is 56.2 Å². The Balaban J connectivity index is 1.38. The van der Waals surface area contributed by atoms with E-state index in [-0.39, 0.29) is 5.92 Å². The summed E-state index contributed by atoms with van der Waals surface area (Å²) in [6, 6.07) is 3.77. The molecule has 2 aliphatic heterocycles. The van der Waals surface area contributed by atoms with E-state index in [9.17, 15) is 4.79 Å². The molecule has 2 saturated heterocycles. The molecule has 8 heteroatoms. The number of hydrogen-bond acceptors (Lipinski definition) is 5. The van der Waals surface area contributed by atoms with Gasteiger partial charge in [0.1, 0.15) is 0 Å². The van der Waals surface area contributed by atoms with Gasteiger partial charge in [-0.3, -0.25) is 14.3 Å². The second kappa shape index (κ2) is 8.83. The van der Waals surface area contributed by atoms with E-state index in [2.05, 4.69) is 23.6 Å². The number of furan rings is 1. The van der Waals surface area contributed by atoms with E-state index in [1.54, 1.807) is 6.26 Å². The summed E-state index contributed by atoms with van der Waals surface area (Å²) in [6.07, 6.45) is 5.87. The molecule has 2 aromatic heterocycles. The average molecular weight is 418 g/mol. The highest BCUT2D eigenvalue weighted by molar-refractivity contribution is 7.71. The fourth-order valence-corrected chi connectivity index (χ4v) is 4.88. The van der Waals surface area contributed by atoms with Crippen molar-refractivity contribution < 1.29 is 9.21 Å². The molecule has 2 aromatic rings. The third-order valence-electron chi connectivity index (χ3n) is 6.22. The van der Waals surface area contributed by atoms with E-state index in [0.717, 1.165) is 63.6 Å². The van der Waals surface area contributed by atoms with Crippen molar-refractivity contribution in [3.05, 3.63) is 23.2 Å². The molecular formula is C21H31N5O2S. The molecule has 0 bridgehead atoms. The number of rotatable bonds is 5. The number of hydrogen-bond donors (Lipinski definition) is 0. The lowest BCUT2D eigenvalue weighted by Crippen LogP contribution is -2.46. The van der Waals surface area contributed by atoms with Crippen molar-refractivity contribution >= 4 is 18.1 Å². The lowest BCUT2D eigenvalue weighted by atomic mass is 9.93. The lowest BCUT2D eigenvalue weighted by molar-refractivity contribution is -0.139. The van der Waals surface area contributed by atoms with Crippen LogP contribution in [0.5, 0.6) is 0 Å². The quantitative estimate of drug-likeness (QED) is 0.696. The molecule has 4 rings (SSSR count). The predicted octanol–water partition coefficient (Wildman–Crippen LogP) is 3.62. The fraction of sp³-hybridized carbons (Fsp3) is 0.667. The Bertz CT molecular complexity index is 880. The van der Waals surface area contributed by atoms with Gasteiger partial charge < -0.3 is 9.32 Å². The highest BCUT2D eigenvalue weighted by atomic mass is 32.1. The van der Waals surface area contributed by atoms with Gasteiger partial charge in [0, 0.05) is 38.6 Å². The third kappa shape index (κ3) is 4.33. The van der Waals surface area contributed by atoms with E-state index < -0.39 is 0 Å². The van der Waals surface area contributed by atoms with E-state index in [1.807, 2.05) is 21.4 Å². The van der Waals surface area contributed by atoms with Crippen molar-refractivity contribution in [2.75, 3.05) is 26.2 Å². The summed E-state index contributed by atoms with van der Waals surface area (Å²) in [5.74, 6) is 2.66. The molecule has 1 unspecified atom stereocenters. The van der Waals surface area contributed by atoms with Gasteiger partial charge in [0.05, 0.1) is 12.9 Å². The molecule has 1 atom stereocenters. The molecule has 29 heavy (non-hydrogen) atoms. The van der Waals surface area contributed by atoms with Gasteiger partial charge >= 0.3 is 0 Å². The molecule has 0 radical (unpaired) electrons. The number of aromatic nitrogens is 3. The zero-order valence-corrected chi connectivity index (χ0v) is 18.2. The number of amides is 1. The van der Waals surface area contributed by atoms with E-state index in [4.69, 9.17) is 21.7 Å².